The van der Waals surface area contributed by atoms with E-state index in [1.807, 2.05) is 6.92 Å². The van der Waals surface area contributed by atoms with Gasteiger partial charge in [-0.3, -0.25) is 0 Å². The van der Waals surface area contributed by atoms with Gasteiger partial charge in [-0.25, -0.2) is 13.2 Å². The first-order valence-corrected chi connectivity index (χ1v) is 6.58. The number of hydrogen-bond donors (Lipinski definition) is 1. The van der Waals surface area contributed by atoms with Crippen molar-refractivity contribution < 1.29 is 17.9 Å². The summed E-state index contributed by atoms with van der Waals surface area (Å²) in [4.78, 5) is 0. The largest absolute Gasteiger partial charge is 0.497 e. The summed E-state index contributed by atoms with van der Waals surface area (Å²) in [5, 5.41) is 3.01. The van der Waals surface area contributed by atoms with Crippen LogP contribution in [-0.2, 0) is 0 Å². The first-order chi connectivity index (χ1) is 10.1. The maximum atomic E-state index is 14.0. The van der Waals surface area contributed by atoms with E-state index in [1.165, 1.54) is 7.11 Å². The van der Waals surface area contributed by atoms with Gasteiger partial charge >= 0.3 is 0 Å². The molecular weight excluding hydrogens is 279 g/mol. The van der Waals surface area contributed by atoms with Gasteiger partial charge in [-0.2, -0.15) is 0 Å². The van der Waals surface area contributed by atoms with E-state index in [9.17, 15) is 13.2 Å². The molecule has 0 saturated carbocycles. The van der Waals surface area contributed by atoms with Crippen LogP contribution in [0.5, 0.6) is 5.75 Å². The summed E-state index contributed by atoms with van der Waals surface area (Å²) < 4.78 is 46.2. The number of rotatable bonds is 5. The van der Waals surface area contributed by atoms with Crippen molar-refractivity contribution >= 4 is 0 Å². The topological polar surface area (TPSA) is 21.3 Å². The molecule has 0 bridgehead atoms. The van der Waals surface area contributed by atoms with Crippen LogP contribution >= 0.6 is 0 Å². The highest BCUT2D eigenvalue weighted by Crippen LogP contribution is 2.29. The van der Waals surface area contributed by atoms with Crippen LogP contribution in [0.25, 0.3) is 0 Å². The summed E-state index contributed by atoms with van der Waals surface area (Å²) in [5.41, 5.74) is 0.437. The second-order valence-electron chi connectivity index (χ2n) is 4.55. The zero-order valence-corrected chi connectivity index (χ0v) is 11.8. The van der Waals surface area contributed by atoms with Crippen LogP contribution in [0.3, 0.4) is 0 Å². The first kappa shape index (κ1) is 15.4. The van der Waals surface area contributed by atoms with Crippen molar-refractivity contribution in [3.63, 3.8) is 0 Å². The van der Waals surface area contributed by atoms with E-state index >= 15 is 0 Å². The van der Waals surface area contributed by atoms with E-state index in [0.29, 0.717) is 30.0 Å². The minimum Gasteiger partial charge on any atom is -0.497 e. The van der Waals surface area contributed by atoms with Gasteiger partial charge in [-0.1, -0.05) is 19.1 Å². The highest BCUT2D eigenvalue weighted by atomic mass is 19.1. The quantitative estimate of drug-likeness (QED) is 0.905. The van der Waals surface area contributed by atoms with Crippen LogP contribution in [0, 0.1) is 17.5 Å². The molecule has 112 valence electrons. The van der Waals surface area contributed by atoms with E-state index in [-0.39, 0.29) is 5.56 Å². The monoisotopic (exact) mass is 295 g/mol. The minimum absolute atomic E-state index is 0.202. The van der Waals surface area contributed by atoms with Gasteiger partial charge in [0.25, 0.3) is 0 Å². The standard InChI is InChI=1S/C16H16F3NO/c1-3-20-16(10-5-4-6-12(7-10)21-2)15-13(18)8-11(17)9-14(15)19/h4-9,16,20H,3H2,1-2H3. The van der Waals surface area contributed by atoms with Crippen LogP contribution in [0.2, 0.25) is 0 Å². The highest BCUT2D eigenvalue weighted by Gasteiger charge is 2.22. The lowest BCUT2D eigenvalue weighted by Crippen LogP contribution is -2.24. The molecule has 0 heterocycles. The van der Waals surface area contributed by atoms with Crippen LogP contribution in [-0.4, -0.2) is 13.7 Å². The summed E-state index contributed by atoms with van der Waals surface area (Å²) in [5.74, 6) is -2.18. The summed E-state index contributed by atoms with van der Waals surface area (Å²) in [7, 11) is 1.51. The highest BCUT2D eigenvalue weighted by molar-refractivity contribution is 5.38. The molecule has 2 aromatic rings. The van der Waals surface area contributed by atoms with E-state index in [4.69, 9.17) is 4.74 Å². The average Bonchev–Trinajstić information content (AvgIpc) is 2.45. The molecule has 0 aliphatic carbocycles. The Kier molecular flexibility index (Phi) is 4.85. The number of hydrogen-bond acceptors (Lipinski definition) is 2. The molecule has 21 heavy (non-hydrogen) atoms. The third kappa shape index (κ3) is 3.36. The Labute approximate surface area is 121 Å². The molecule has 0 aliphatic rings. The third-order valence-electron chi connectivity index (χ3n) is 3.17. The molecule has 2 nitrogen and oxygen atoms in total. The summed E-state index contributed by atoms with van der Waals surface area (Å²) in [6.45, 7) is 2.32. The third-order valence-corrected chi connectivity index (χ3v) is 3.17. The Balaban J connectivity index is 2.53. The summed E-state index contributed by atoms with van der Waals surface area (Å²) >= 11 is 0. The Bertz CT molecular complexity index is 608. The van der Waals surface area contributed by atoms with E-state index < -0.39 is 23.5 Å². The van der Waals surface area contributed by atoms with Crippen molar-refractivity contribution in [3.05, 3.63) is 65.0 Å². The normalized spacial score (nSPS) is 12.2. The van der Waals surface area contributed by atoms with Crippen LogP contribution in [0.4, 0.5) is 13.2 Å². The number of benzene rings is 2. The second kappa shape index (κ2) is 6.63. The molecule has 1 unspecified atom stereocenters. The minimum atomic E-state index is -0.936. The maximum absolute atomic E-state index is 14.0. The number of nitrogens with one attached hydrogen (secondary N) is 1. The first-order valence-electron chi connectivity index (χ1n) is 6.58. The Hall–Kier alpha value is -2.01. The van der Waals surface area contributed by atoms with Crippen LogP contribution in [0.1, 0.15) is 24.1 Å². The Morgan fingerprint density at radius 1 is 1.10 bits per heavy atom. The number of methoxy groups -OCH3 is 1. The molecular formula is C16H16F3NO. The second-order valence-corrected chi connectivity index (χ2v) is 4.55. The lowest BCUT2D eigenvalue weighted by molar-refractivity contribution is 0.413. The number of halogens is 3. The molecule has 1 atom stereocenters. The van der Waals surface area contributed by atoms with Crippen molar-refractivity contribution in [3.8, 4) is 5.75 Å². The van der Waals surface area contributed by atoms with Crippen molar-refractivity contribution in [1.29, 1.82) is 0 Å². The number of ether oxygens (including phenoxy) is 1. The molecule has 0 spiro atoms. The predicted molar refractivity (Wildman–Crippen MR) is 74.8 cm³/mol. The van der Waals surface area contributed by atoms with Gasteiger partial charge in [-0.05, 0) is 24.2 Å². The predicted octanol–water partition coefficient (Wildman–Crippen LogP) is 3.81. The van der Waals surface area contributed by atoms with Gasteiger partial charge in [0.1, 0.15) is 23.2 Å². The molecule has 0 saturated heterocycles. The maximum Gasteiger partial charge on any atom is 0.134 e. The zero-order valence-electron chi connectivity index (χ0n) is 11.8. The molecule has 2 aromatic carbocycles. The van der Waals surface area contributed by atoms with Crippen molar-refractivity contribution in [2.75, 3.05) is 13.7 Å². The fourth-order valence-corrected chi connectivity index (χ4v) is 2.24. The van der Waals surface area contributed by atoms with E-state index in [2.05, 4.69) is 5.32 Å². The fourth-order valence-electron chi connectivity index (χ4n) is 2.24. The fraction of sp³-hybridized carbons (Fsp3) is 0.250. The van der Waals surface area contributed by atoms with Gasteiger partial charge < -0.3 is 10.1 Å². The van der Waals surface area contributed by atoms with Crippen LogP contribution < -0.4 is 10.1 Å². The SMILES string of the molecule is CCNC(c1cccc(OC)c1)c1c(F)cc(F)cc1F. The molecule has 0 radical (unpaired) electrons. The molecule has 0 aliphatic heterocycles. The molecule has 2 rings (SSSR count). The lowest BCUT2D eigenvalue weighted by Gasteiger charge is -2.20. The molecule has 0 aromatic heterocycles. The Morgan fingerprint density at radius 2 is 1.76 bits per heavy atom. The van der Waals surface area contributed by atoms with Gasteiger partial charge in [-0.15, -0.1) is 0 Å². The smallest absolute Gasteiger partial charge is 0.134 e. The van der Waals surface area contributed by atoms with E-state index in [1.54, 1.807) is 24.3 Å². The summed E-state index contributed by atoms with van der Waals surface area (Å²) in [6, 6.07) is 7.55. The molecule has 1 N–H and O–H groups in total. The van der Waals surface area contributed by atoms with Gasteiger partial charge in [0, 0.05) is 17.7 Å². The average molecular weight is 295 g/mol. The van der Waals surface area contributed by atoms with Crippen LogP contribution in [0.15, 0.2) is 36.4 Å². The lowest BCUT2D eigenvalue weighted by atomic mass is 9.97. The van der Waals surface area contributed by atoms with Crippen molar-refractivity contribution in [2.45, 2.75) is 13.0 Å². The molecule has 0 fully saturated rings. The molecule has 5 heteroatoms. The summed E-state index contributed by atoms with van der Waals surface area (Å²) in [6.07, 6.45) is 0. The van der Waals surface area contributed by atoms with E-state index in [0.717, 1.165) is 0 Å². The van der Waals surface area contributed by atoms with Crippen molar-refractivity contribution in [1.82, 2.24) is 5.32 Å². The van der Waals surface area contributed by atoms with Gasteiger partial charge in [0.15, 0.2) is 0 Å². The van der Waals surface area contributed by atoms with Gasteiger partial charge in [0.05, 0.1) is 13.2 Å². The Morgan fingerprint density at radius 3 is 2.33 bits per heavy atom. The van der Waals surface area contributed by atoms with Crippen molar-refractivity contribution in [2.24, 2.45) is 0 Å². The molecule has 0 amide bonds. The zero-order chi connectivity index (χ0) is 15.4. The van der Waals surface area contributed by atoms with Gasteiger partial charge in [0.2, 0.25) is 0 Å².